The summed E-state index contributed by atoms with van der Waals surface area (Å²) >= 11 is 0. The molecule has 5 nitrogen and oxygen atoms in total. The van der Waals surface area contributed by atoms with Crippen LogP contribution in [0, 0.1) is 34.6 Å². The van der Waals surface area contributed by atoms with Crippen LogP contribution in [0.25, 0.3) is 78.1 Å². The minimum atomic E-state index is 0.0102. The van der Waals surface area contributed by atoms with Gasteiger partial charge in [-0.3, -0.25) is 0 Å². The summed E-state index contributed by atoms with van der Waals surface area (Å²) in [6.45, 7) is 15.2. The first-order valence-corrected chi connectivity index (χ1v) is 25.8. The van der Waals surface area contributed by atoms with Gasteiger partial charge in [-0.1, -0.05) is 170 Å². The quantitative estimate of drug-likeness (QED) is 0.101. The van der Waals surface area contributed by atoms with Gasteiger partial charge in [-0.15, -0.1) is 5.73 Å². The van der Waals surface area contributed by atoms with Crippen molar-refractivity contribution in [3.05, 3.63) is 257 Å². The highest BCUT2D eigenvalue weighted by molar-refractivity contribution is 6.22. The van der Waals surface area contributed by atoms with Gasteiger partial charge in [0.1, 0.15) is 16.9 Å². The number of rotatable bonds is 10. The second-order valence-corrected chi connectivity index (χ2v) is 19.8. The third kappa shape index (κ3) is 7.30. The van der Waals surface area contributed by atoms with Gasteiger partial charge >= 0.3 is 0 Å². The molecule has 3 aromatic heterocycles. The van der Waals surface area contributed by atoms with Crippen molar-refractivity contribution < 1.29 is 13.3 Å². The second-order valence-electron chi connectivity index (χ2n) is 19.8. The fourth-order valence-electron chi connectivity index (χ4n) is 11.8. The molecule has 9 aromatic carbocycles. The average molecular weight is 971 g/mol. The molecule has 3 heterocycles. The second kappa shape index (κ2) is 18.3. The Balaban J connectivity index is 1.15. The van der Waals surface area contributed by atoms with Crippen LogP contribution in [0.3, 0.4) is 0 Å². The SMILES string of the molecule is C=C/C=C\c1c(C)c(N(c2ccccc2C)c2cccc3c4c(oc23)C(c2ccccc2C)CC=C=C4)c2oc3ccccc3c2c1N(c1ccccc1C)c1cccc2c1oc1c(-c3ccccc3C)cccc12. The Morgan fingerprint density at radius 3 is 1.76 bits per heavy atom. The van der Waals surface area contributed by atoms with E-state index in [9.17, 15) is 0 Å². The van der Waals surface area contributed by atoms with Crippen LogP contribution in [0.5, 0.6) is 0 Å². The number of hydrogen-bond acceptors (Lipinski definition) is 5. The number of hydrogen-bond donors (Lipinski definition) is 0. The highest BCUT2D eigenvalue weighted by atomic mass is 16.3. The lowest BCUT2D eigenvalue weighted by Crippen LogP contribution is -2.17. The number of aryl methyl sites for hydroxylation is 4. The van der Waals surface area contributed by atoms with Gasteiger partial charge in [-0.2, -0.15) is 0 Å². The molecular formula is C70H54N2O3. The first-order chi connectivity index (χ1) is 36.8. The van der Waals surface area contributed by atoms with E-state index in [1.54, 1.807) is 0 Å². The minimum Gasteiger partial charge on any atom is -0.458 e. The molecule has 0 radical (unpaired) electrons. The summed E-state index contributed by atoms with van der Waals surface area (Å²) in [6, 6.07) is 62.4. The van der Waals surface area contributed by atoms with Crippen molar-refractivity contribution in [1.29, 1.82) is 0 Å². The molecule has 362 valence electrons. The zero-order chi connectivity index (χ0) is 50.9. The zero-order valence-corrected chi connectivity index (χ0v) is 42.7. The van der Waals surface area contributed by atoms with Crippen LogP contribution in [0.1, 0.15) is 62.6 Å². The number of para-hydroxylation sites is 6. The van der Waals surface area contributed by atoms with Crippen molar-refractivity contribution in [3.63, 3.8) is 0 Å². The molecule has 1 unspecified atom stereocenters. The van der Waals surface area contributed by atoms with Crippen molar-refractivity contribution in [1.82, 2.24) is 0 Å². The normalized spacial score (nSPS) is 13.4. The standard InChI is InChI=1S/C70H54N2O3/c1-7-8-28-50-47(6)64(71(58-38-18-11-26-45(58)4)60-40-22-36-55-53-32-16-15-31-51(66(53)74-68(55)60)48-29-13-9-24-43(48)2)70-63(57-33-17-20-42-62(57)73-70)65(50)72(59-39-19-12-27-46(59)5)61-41-23-37-56-54-35-21-34-52(67(54)75-69(56)61)49-30-14-10-25-44(49)3/h7-15,17-30,32-42,51H,1,31H2,2-6H3/b28-8-. The lowest BCUT2D eigenvalue weighted by Gasteiger charge is -2.33. The van der Waals surface area contributed by atoms with Crippen LogP contribution in [0.2, 0.25) is 0 Å². The van der Waals surface area contributed by atoms with Gasteiger partial charge in [-0.05, 0) is 122 Å². The Kier molecular flexibility index (Phi) is 11.1. The molecule has 13 rings (SSSR count). The molecular weight excluding hydrogens is 917 g/mol. The lowest BCUT2D eigenvalue weighted by atomic mass is 9.88. The van der Waals surface area contributed by atoms with E-state index in [1.807, 2.05) is 12.2 Å². The topological polar surface area (TPSA) is 45.9 Å². The van der Waals surface area contributed by atoms with Gasteiger partial charge in [0, 0.05) is 55.5 Å². The third-order valence-corrected chi connectivity index (χ3v) is 15.4. The Bertz CT molecular complexity index is 4380. The first-order valence-electron chi connectivity index (χ1n) is 25.8. The van der Waals surface area contributed by atoms with Gasteiger partial charge in [0.05, 0.1) is 28.1 Å². The number of fused-ring (bicyclic) bond motifs is 9. The van der Waals surface area contributed by atoms with Gasteiger partial charge in [0.2, 0.25) is 0 Å². The number of furan rings is 3. The summed E-state index contributed by atoms with van der Waals surface area (Å²) < 4.78 is 22.1. The molecule has 0 saturated carbocycles. The van der Waals surface area contributed by atoms with E-state index < -0.39 is 0 Å². The monoisotopic (exact) mass is 970 g/mol. The third-order valence-electron chi connectivity index (χ3n) is 15.4. The summed E-state index contributed by atoms with van der Waals surface area (Å²) in [5.41, 5.74) is 24.3. The highest BCUT2D eigenvalue weighted by Gasteiger charge is 2.34. The maximum absolute atomic E-state index is 7.40. The Labute approximate surface area is 436 Å². The van der Waals surface area contributed by atoms with Crippen molar-refractivity contribution in [2.24, 2.45) is 0 Å². The molecule has 1 aliphatic rings. The highest BCUT2D eigenvalue weighted by Crippen LogP contribution is 2.56. The van der Waals surface area contributed by atoms with Crippen LogP contribution >= 0.6 is 0 Å². The summed E-state index contributed by atoms with van der Waals surface area (Å²) in [4.78, 5) is 4.79. The van der Waals surface area contributed by atoms with Crippen LogP contribution < -0.4 is 9.80 Å². The van der Waals surface area contributed by atoms with Gasteiger partial charge in [0.15, 0.2) is 16.7 Å². The molecule has 0 amide bonds. The number of anilines is 6. The van der Waals surface area contributed by atoms with E-state index in [0.717, 1.165) is 140 Å². The largest absolute Gasteiger partial charge is 0.458 e. The summed E-state index contributed by atoms with van der Waals surface area (Å²) in [5, 5.41) is 5.07. The number of allylic oxidation sites excluding steroid dienone is 3. The van der Waals surface area contributed by atoms with E-state index in [1.165, 1.54) is 16.7 Å². The minimum absolute atomic E-state index is 0.0102. The van der Waals surface area contributed by atoms with E-state index >= 15 is 0 Å². The predicted octanol–water partition coefficient (Wildman–Crippen LogP) is 20.3. The molecule has 0 N–H and O–H groups in total. The smallest absolute Gasteiger partial charge is 0.161 e. The molecule has 1 atom stereocenters. The molecule has 0 saturated heterocycles. The van der Waals surface area contributed by atoms with Crippen LogP contribution in [-0.4, -0.2) is 0 Å². The predicted molar refractivity (Wildman–Crippen MR) is 314 cm³/mol. The average Bonchev–Trinajstić information content (AvgIpc) is 4.09. The van der Waals surface area contributed by atoms with Gasteiger partial charge < -0.3 is 23.1 Å². The summed E-state index contributed by atoms with van der Waals surface area (Å²) in [5.74, 6) is 0.948. The first kappa shape index (κ1) is 45.6. The van der Waals surface area contributed by atoms with Crippen LogP contribution in [0.4, 0.5) is 34.1 Å². The molecule has 1 aliphatic carbocycles. The fourth-order valence-corrected chi connectivity index (χ4v) is 11.8. The van der Waals surface area contributed by atoms with E-state index in [2.05, 4.69) is 251 Å². The molecule has 5 heteroatoms. The zero-order valence-electron chi connectivity index (χ0n) is 42.7. The summed E-state index contributed by atoms with van der Waals surface area (Å²) in [6.07, 6.45) is 11.1. The molecule has 0 fully saturated rings. The molecule has 12 aromatic rings. The fraction of sp³-hybridized carbons (Fsp3) is 0.100. The maximum Gasteiger partial charge on any atom is 0.161 e. The molecule has 0 aliphatic heterocycles. The Hall–Kier alpha value is -9.28. The Morgan fingerprint density at radius 2 is 1.05 bits per heavy atom. The van der Waals surface area contributed by atoms with Crippen LogP contribution in [-0.2, 0) is 0 Å². The molecule has 0 spiro atoms. The molecule has 0 bridgehead atoms. The van der Waals surface area contributed by atoms with Crippen molar-refractivity contribution in [2.45, 2.75) is 47.0 Å². The van der Waals surface area contributed by atoms with Gasteiger partial charge in [-0.25, -0.2) is 0 Å². The molecule has 75 heavy (non-hydrogen) atoms. The lowest BCUT2D eigenvalue weighted by molar-refractivity contribution is 0.519. The van der Waals surface area contributed by atoms with Gasteiger partial charge in [0.25, 0.3) is 0 Å². The Morgan fingerprint density at radius 1 is 0.493 bits per heavy atom. The van der Waals surface area contributed by atoms with Crippen LogP contribution in [0.15, 0.2) is 220 Å². The van der Waals surface area contributed by atoms with E-state index in [4.69, 9.17) is 13.3 Å². The van der Waals surface area contributed by atoms with Crippen molar-refractivity contribution in [2.75, 3.05) is 9.80 Å². The number of nitrogens with zero attached hydrogens (tertiary/aromatic N) is 2. The summed E-state index contributed by atoms with van der Waals surface area (Å²) in [7, 11) is 0. The number of benzene rings is 9. The maximum atomic E-state index is 7.40. The van der Waals surface area contributed by atoms with Crippen molar-refractivity contribution in [3.8, 4) is 11.1 Å². The van der Waals surface area contributed by atoms with E-state index in [0.29, 0.717) is 0 Å². The van der Waals surface area contributed by atoms with E-state index in [-0.39, 0.29) is 5.92 Å². The van der Waals surface area contributed by atoms with Crippen molar-refractivity contribution >= 4 is 101 Å².